The van der Waals surface area contributed by atoms with E-state index in [0.717, 1.165) is 24.0 Å². The number of rotatable bonds is 3. The van der Waals surface area contributed by atoms with E-state index in [1.807, 2.05) is 0 Å². The van der Waals surface area contributed by atoms with Crippen LogP contribution in [0.5, 0.6) is 0 Å². The zero-order valence-corrected chi connectivity index (χ0v) is 12.9. The third-order valence-electron chi connectivity index (χ3n) is 5.01. The maximum Gasteiger partial charge on any atom is 0.257 e. The zero-order valence-electron chi connectivity index (χ0n) is 11.9. The molecule has 0 radical (unpaired) electrons. The molecule has 1 heterocycles. The Bertz CT molecular complexity index is 515. The van der Waals surface area contributed by atoms with Crippen molar-refractivity contribution in [1.29, 1.82) is 0 Å². The molecule has 0 spiro atoms. The van der Waals surface area contributed by atoms with E-state index in [1.54, 1.807) is 6.08 Å². The van der Waals surface area contributed by atoms with Crippen molar-refractivity contribution in [1.82, 2.24) is 4.90 Å². The van der Waals surface area contributed by atoms with E-state index in [4.69, 9.17) is 0 Å². The van der Waals surface area contributed by atoms with Crippen molar-refractivity contribution < 1.29 is 9.59 Å². The Morgan fingerprint density at radius 2 is 1.84 bits per heavy atom. The molecule has 3 aliphatic rings. The van der Waals surface area contributed by atoms with Crippen LogP contribution < -0.4 is 0 Å². The molecule has 0 aromatic rings. The van der Waals surface area contributed by atoms with Crippen LogP contribution in [0.15, 0.2) is 23.8 Å². The van der Waals surface area contributed by atoms with E-state index in [9.17, 15) is 9.59 Å². The van der Waals surface area contributed by atoms with E-state index in [2.05, 4.69) is 26.2 Å². The van der Waals surface area contributed by atoms with Crippen LogP contribution >= 0.6 is 0 Å². The van der Waals surface area contributed by atoms with Crippen molar-refractivity contribution in [3.8, 4) is 0 Å². The number of hydrogen-bond donors (Lipinski definition) is 0. The van der Waals surface area contributed by atoms with Crippen molar-refractivity contribution in [3.05, 3.63) is 23.8 Å². The SMILES string of the molecule is C=CCN1C(=O)C2=C(C1=O)C1CC2CC1[Si](C)(C)C. The maximum atomic E-state index is 12.5. The molecule has 3 unspecified atom stereocenters. The van der Waals surface area contributed by atoms with Gasteiger partial charge in [-0.2, -0.15) is 0 Å². The molecular formula is C15H21NO2Si. The van der Waals surface area contributed by atoms with Crippen LogP contribution in [0.1, 0.15) is 12.8 Å². The topological polar surface area (TPSA) is 37.4 Å². The summed E-state index contributed by atoms with van der Waals surface area (Å²) < 4.78 is 0. The summed E-state index contributed by atoms with van der Waals surface area (Å²) in [4.78, 5) is 26.2. The standard InChI is InChI=1S/C15H21NO2Si/c1-5-6-16-14(17)12-9-7-10(13(12)15(16)18)11(8-9)19(2,3)4/h5,9-11H,1,6-8H2,2-4H3. The van der Waals surface area contributed by atoms with Crippen molar-refractivity contribution in [2.45, 2.75) is 38.0 Å². The van der Waals surface area contributed by atoms with Crippen LogP contribution in [0, 0.1) is 11.8 Å². The van der Waals surface area contributed by atoms with Gasteiger partial charge in [-0.1, -0.05) is 25.7 Å². The van der Waals surface area contributed by atoms with Gasteiger partial charge in [0.15, 0.2) is 0 Å². The van der Waals surface area contributed by atoms with Crippen LogP contribution in [-0.4, -0.2) is 31.3 Å². The molecule has 19 heavy (non-hydrogen) atoms. The van der Waals surface area contributed by atoms with E-state index in [0.29, 0.717) is 23.9 Å². The van der Waals surface area contributed by atoms with Crippen molar-refractivity contribution in [2.24, 2.45) is 11.8 Å². The predicted octanol–water partition coefficient (Wildman–Crippen LogP) is 2.59. The summed E-state index contributed by atoms with van der Waals surface area (Å²) in [5.41, 5.74) is 2.39. The zero-order chi connectivity index (χ0) is 13.9. The lowest BCUT2D eigenvalue weighted by Gasteiger charge is -2.32. The fraction of sp³-hybridized carbons (Fsp3) is 0.600. The number of carbonyl (C=O) groups excluding carboxylic acids is 2. The second-order valence-electron chi connectivity index (χ2n) is 7.08. The molecule has 2 amide bonds. The van der Waals surface area contributed by atoms with Crippen LogP contribution in [0.2, 0.25) is 25.2 Å². The molecule has 102 valence electrons. The van der Waals surface area contributed by atoms with Gasteiger partial charge in [0.05, 0.1) is 0 Å². The summed E-state index contributed by atoms with van der Waals surface area (Å²) in [6.45, 7) is 11.1. The van der Waals surface area contributed by atoms with Crippen molar-refractivity contribution >= 4 is 19.9 Å². The average Bonchev–Trinajstić information content (AvgIpc) is 2.95. The van der Waals surface area contributed by atoms with Gasteiger partial charge in [0.1, 0.15) is 0 Å². The summed E-state index contributed by atoms with van der Waals surface area (Å²) in [5.74, 6) is 0.637. The van der Waals surface area contributed by atoms with Gasteiger partial charge in [0, 0.05) is 25.8 Å². The van der Waals surface area contributed by atoms with Crippen molar-refractivity contribution in [3.63, 3.8) is 0 Å². The fourth-order valence-corrected chi connectivity index (χ4v) is 6.71. The third-order valence-corrected chi connectivity index (χ3v) is 7.87. The van der Waals surface area contributed by atoms with Gasteiger partial charge in [0.2, 0.25) is 0 Å². The van der Waals surface area contributed by atoms with Gasteiger partial charge in [-0.3, -0.25) is 14.5 Å². The molecule has 0 saturated heterocycles. The molecule has 4 heteroatoms. The second kappa shape index (κ2) is 3.92. The van der Waals surface area contributed by atoms with Gasteiger partial charge in [0.25, 0.3) is 11.8 Å². The van der Waals surface area contributed by atoms with Gasteiger partial charge >= 0.3 is 0 Å². The van der Waals surface area contributed by atoms with Crippen LogP contribution in [0.3, 0.4) is 0 Å². The first-order valence-corrected chi connectivity index (χ1v) is 10.6. The summed E-state index contributed by atoms with van der Waals surface area (Å²) in [5, 5.41) is 0. The largest absolute Gasteiger partial charge is 0.271 e. The molecular weight excluding hydrogens is 254 g/mol. The predicted molar refractivity (Wildman–Crippen MR) is 77.3 cm³/mol. The smallest absolute Gasteiger partial charge is 0.257 e. The molecule has 1 aliphatic heterocycles. The Morgan fingerprint density at radius 3 is 2.42 bits per heavy atom. The Balaban J connectivity index is 1.96. The Morgan fingerprint density at radius 1 is 1.21 bits per heavy atom. The Labute approximate surface area is 115 Å². The van der Waals surface area contributed by atoms with Crippen LogP contribution in [-0.2, 0) is 9.59 Å². The lowest BCUT2D eigenvalue weighted by Crippen LogP contribution is -2.35. The lowest BCUT2D eigenvalue weighted by molar-refractivity contribution is -0.137. The molecule has 3 atom stereocenters. The second-order valence-corrected chi connectivity index (χ2v) is 12.6. The van der Waals surface area contributed by atoms with Crippen LogP contribution in [0.4, 0.5) is 0 Å². The van der Waals surface area contributed by atoms with Gasteiger partial charge in [-0.15, -0.1) is 6.58 Å². The quantitative estimate of drug-likeness (QED) is 0.451. The van der Waals surface area contributed by atoms with E-state index >= 15 is 0 Å². The number of nitrogens with zero attached hydrogens (tertiary/aromatic N) is 1. The van der Waals surface area contributed by atoms with Crippen LogP contribution in [0.25, 0.3) is 0 Å². The highest BCUT2D eigenvalue weighted by molar-refractivity contribution is 6.77. The Hall–Kier alpha value is -1.16. The van der Waals surface area contributed by atoms with E-state index in [1.165, 1.54) is 4.90 Å². The number of fused-ring (bicyclic) bond motifs is 4. The minimum absolute atomic E-state index is 0.0321. The summed E-state index contributed by atoms with van der Waals surface area (Å²) >= 11 is 0. The highest BCUT2D eigenvalue weighted by Gasteiger charge is 2.57. The van der Waals surface area contributed by atoms with Gasteiger partial charge < -0.3 is 0 Å². The summed E-state index contributed by atoms with van der Waals surface area (Å²) in [6.07, 6.45) is 3.80. The molecule has 0 aromatic carbocycles. The summed E-state index contributed by atoms with van der Waals surface area (Å²) in [6, 6.07) is 0. The van der Waals surface area contributed by atoms with E-state index in [-0.39, 0.29) is 11.8 Å². The molecule has 2 bridgehead atoms. The molecule has 1 saturated carbocycles. The third kappa shape index (κ3) is 1.62. The number of imide groups is 1. The molecule has 0 aromatic heterocycles. The molecule has 1 fully saturated rings. The minimum atomic E-state index is -1.27. The molecule has 2 aliphatic carbocycles. The summed E-state index contributed by atoms with van der Waals surface area (Å²) in [7, 11) is -1.27. The monoisotopic (exact) mass is 275 g/mol. The highest BCUT2D eigenvalue weighted by Crippen LogP contribution is 2.60. The average molecular weight is 275 g/mol. The first-order chi connectivity index (χ1) is 8.86. The number of amides is 2. The van der Waals surface area contributed by atoms with Gasteiger partial charge in [-0.05, 0) is 30.2 Å². The number of hydrogen-bond acceptors (Lipinski definition) is 2. The number of carbonyl (C=O) groups is 2. The first kappa shape index (κ1) is 12.8. The number of likely N-dealkylation sites (tertiary alicyclic amines) is 1. The van der Waals surface area contributed by atoms with E-state index < -0.39 is 8.07 Å². The van der Waals surface area contributed by atoms with Gasteiger partial charge in [-0.25, -0.2) is 0 Å². The fourth-order valence-electron chi connectivity index (χ4n) is 4.21. The normalized spacial score (nSPS) is 33.4. The lowest BCUT2D eigenvalue weighted by atomic mass is 9.93. The first-order valence-electron chi connectivity index (χ1n) is 7.07. The highest BCUT2D eigenvalue weighted by atomic mass is 28.3. The molecule has 3 nitrogen and oxygen atoms in total. The van der Waals surface area contributed by atoms with Crippen molar-refractivity contribution in [2.75, 3.05) is 6.54 Å². The minimum Gasteiger partial charge on any atom is -0.271 e. The molecule has 3 rings (SSSR count). The maximum absolute atomic E-state index is 12.5. The Kier molecular flexibility index (Phi) is 2.65. The molecule has 0 N–H and O–H groups in total.